The first kappa shape index (κ1) is 10.5. The summed E-state index contributed by atoms with van der Waals surface area (Å²) < 4.78 is 5.06. The lowest BCUT2D eigenvalue weighted by atomic mass is 10.2. The summed E-state index contributed by atoms with van der Waals surface area (Å²) >= 11 is 0. The Morgan fingerprint density at radius 2 is 2.14 bits per heavy atom. The SMILES string of the molecule is NCCOC([C]=O)=Cc1ccccc1. The number of carbonyl (C=O) groups excluding carboxylic acids is 1. The van der Waals surface area contributed by atoms with Crippen LogP contribution in [0.3, 0.4) is 0 Å². The van der Waals surface area contributed by atoms with Crippen LogP contribution in [0.5, 0.6) is 0 Å². The highest BCUT2D eigenvalue weighted by molar-refractivity contribution is 5.79. The van der Waals surface area contributed by atoms with Gasteiger partial charge in [-0.25, -0.2) is 0 Å². The zero-order valence-electron chi connectivity index (χ0n) is 7.77. The molecule has 1 aromatic rings. The fourth-order valence-electron chi connectivity index (χ4n) is 0.970. The monoisotopic (exact) mass is 190 g/mol. The van der Waals surface area contributed by atoms with E-state index >= 15 is 0 Å². The van der Waals surface area contributed by atoms with E-state index in [4.69, 9.17) is 10.5 Å². The molecule has 1 radical (unpaired) electrons. The molecule has 0 aliphatic carbocycles. The minimum absolute atomic E-state index is 0.182. The zero-order valence-corrected chi connectivity index (χ0v) is 7.77. The van der Waals surface area contributed by atoms with E-state index in [2.05, 4.69) is 0 Å². The Bertz CT molecular complexity index is 306. The molecule has 0 unspecified atom stereocenters. The predicted octanol–water partition coefficient (Wildman–Crippen LogP) is 1.11. The van der Waals surface area contributed by atoms with Crippen LogP contribution in [0.15, 0.2) is 36.1 Å². The van der Waals surface area contributed by atoms with Crippen LogP contribution in [-0.2, 0) is 9.53 Å². The smallest absolute Gasteiger partial charge is 0.271 e. The first-order valence-electron chi connectivity index (χ1n) is 4.34. The second-order valence-corrected chi connectivity index (χ2v) is 2.66. The molecule has 0 aliphatic heterocycles. The number of rotatable bonds is 5. The van der Waals surface area contributed by atoms with Gasteiger partial charge in [0.1, 0.15) is 6.61 Å². The summed E-state index contributed by atoms with van der Waals surface area (Å²) in [5.74, 6) is 0.182. The quantitative estimate of drug-likeness (QED) is 0.559. The van der Waals surface area contributed by atoms with E-state index in [-0.39, 0.29) is 5.76 Å². The fraction of sp³-hybridized carbons (Fsp3) is 0.182. The maximum atomic E-state index is 10.5. The third kappa shape index (κ3) is 3.41. The van der Waals surface area contributed by atoms with Gasteiger partial charge < -0.3 is 10.5 Å². The van der Waals surface area contributed by atoms with E-state index in [0.29, 0.717) is 13.2 Å². The van der Waals surface area contributed by atoms with Gasteiger partial charge in [0.25, 0.3) is 6.29 Å². The summed E-state index contributed by atoms with van der Waals surface area (Å²) in [6, 6.07) is 9.43. The minimum Gasteiger partial charge on any atom is -0.488 e. The molecule has 2 N–H and O–H groups in total. The number of nitrogens with two attached hydrogens (primary N) is 1. The summed E-state index contributed by atoms with van der Waals surface area (Å²) in [6.07, 6.45) is 3.35. The van der Waals surface area contributed by atoms with E-state index in [1.54, 1.807) is 12.4 Å². The van der Waals surface area contributed by atoms with Gasteiger partial charge >= 0.3 is 0 Å². The molecular formula is C11H12NO2. The first-order chi connectivity index (χ1) is 6.86. The van der Waals surface area contributed by atoms with Crippen molar-refractivity contribution >= 4 is 12.4 Å². The van der Waals surface area contributed by atoms with Gasteiger partial charge in [-0.15, -0.1) is 0 Å². The van der Waals surface area contributed by atoms with E-state index in [9.17, 15) is 4.79 Å². The van der Waals surface area contributed by atoms with Crippen molar-refractivity contribution in [1.82, 2.24) is 0 Å². The highest BCUT2D eigenvalue weighted by atomic mass is 16.5. The maximum Gasteiger partial charge on any atom is 0.271 e. The fourth-order valence-corrected chi connectivity index (χ4v) is 0.970. The normalized spacial score (nSPS) is 11.1. The third-order valence-electron chi connectivity index (χ3n) is 1.57. The van der Waals surface area contributed by atoms with Crippen LogP contribution in [0.1, 0.15) is 5.56 Å². The second-order valence-electron chi connectivity index (χ2n) is 2.66. The molecule has 73 valence electrons. The molecule has 1 rings (SSSR count). The molecule has 0 heterocycles. The van der Waals surface area contributed by atoms with Crippen molar-refractivity contribution in [2.75, 3.05) is 13.2 Å². The summed E-state index contributed by atoms with van der Waals surface area (Å²) in [5.41, 5.74) is 6.15. The van der Waals surface area contributed by atoms with Crippen molar-refractivity contribution in [3.05, 3.63) is 41.7 Å². The lowest BCUT2D eigenvalue weighted by molar-refractivity contribution is 0.241. The van der Waals surface area contributed by atoms with Crippen LogP contribution in [0.2, 0.25) is 0 Å². The Kier molecular flexibility index (Phi) is 4.44. The molecule has 0 aromatic heterocycles. The van der Waals surface area contributed by atoms with Crippen LogP contribution in [-0.4, -0.2) is 19.4 Å². The number of hydrogen-bond donors (Lipinski definition) is 1. The summed E-state index contributed by atoms with van der Waals surface area (Å²) in [6.45, 7) is 0.710. The third-order valence-corrected chi connectivity index (χ3v) is 1.57. The van der Waals surface area contributed by atoms with Crippen molar-refractivity contribution < 1.29 is 9.53 Å². The number of hydrogen-bond acceptors (Lipinski definition) is 3. The Morgan fingerprint density at radius 3 is 2.71 bits per heavy atom. The van der Waals surface area contributed by atoms with Crippen molar-refractivity contribution in [1.29, 1.82) is 0 Å². The molecule has 3 heteroatoms. The van der Waals surface area contributed by atoms with Gasteiger partial charge in [0.05, 0.1) is 0 Å². The van der Waals surface area contributed by atoms with Gasteiger partial charge in [-0.1, -0.05) is 30.3 Å². The molecule has 0 saturated carbocycles. The Balaban J connectivity index is 2.68. The molecule has 0 spiro atoms. The van der Waals surface area contributed by atoms with E-state index in [0.717, 1.165) is 5.56 Å². The summed E-state index contributed by atoms with van der Waals surface area (Å²) in [7, 11) is 0. The Morgan fingerprint density at radius 1 is 1.43 bits per heavy atom. The molecular weight excluding hydrogens is 178 g/mol. The largest absolute Gasteiger partial charge is 0.488 e. The molecule has 1 aromatic carbocycles. The standard InChI is InChI=1S/C11H12NO2/c12-6-7-14-11(9-13)8-10-4-2-1-3-5-10/h1-5,8H,6-7,12H2. The first-order valence-corrected chi connectivity index (χ1v) is 4.34. The molecule has 0 amide bonds. The lowest BCUT2D eigenvalue weighted by Gasteiger charge is -2.01. The van der Waals surface area contributed by atoms with Crippen LogP contribution in [0.4, 0.5) is 0 Å². The van der Waals surface area contributed by atoms with Crippen molar-refractivity contribution in [3.8, 4) is 0 Å². The maximum absolute atomic E-state index is 10.5. The van der Waals surface area contributed by atoms with Gasteiger partial charge in [0.2, 0.25) is 0 Å². The molecule has 0 fully saturated rings. The second kappa shape index (κ2) is 5.94. The van der Waals surface area contributed by atoms with Crippen LogP contribution in [0, 0.1) is 0 Å². The number of benzene rings is 1. The molecule has 14 heavy (non-hydrogen) atoms. The van der Waals surface area contributed by atoms with Gasteiger partial charge in [0, 0.05) is 6.54 Å². The van der Waals surface area contributed by atoms with Crippen LogP contribution >= 0.6 is 0 Å². The van der Waals surface area contributed by atoms with E-state index in [1.165, 1.54) is 0 Å². The average molecular weight is 190 g/mol. The zero-order chi connectivity index (χ0) is 10.2. The predicted molar refractivity (Wildman–Crippen MR) is 55.1 cm³/mol. The molecule has 0 saturated heterocycles. The highest BCUT2D eigenvalue weighted by Gasteiger charge is 1.96. The summed E-state index contributed by atoms with van der Waals surface area (Å²) in [4.78, 5) is 10.5. The van der Waals surface area contributed by atoms with Gasteiger partial charge in [-0.05, 0) is 11.6 Å². The number of ether oxygens (including phenoxy) is 1. The molecule has 0 aliphatic rings. The topological polar surface area (TPSA) is 52.3 Å². The van der Waals surface area contributed by atoms with Gasteiger partial charge in [0.15, 0.2) is 5.76 Å². The van der Waals surface area contributed by atoms with Crippen molar-refractivity contribution in [2.24, 2.45) is 5.73 Å². The van der Waals surface area contributed by atoms with Crippen LogP contribution in [0.25, 0.3) is 6.08 Å². The minimum atomic E-state index is 0.182. The van der Waals surface area contributed by atoms with Crippen molar-refractivity contribution in [3.63, 3.8) is 0 Å². The molecule has 0 atom stereocenters. The Labute approximate surface area is 83.2 Å². The van der Waals surface area contributed by atoms with Gasteiger partial charge in [-0.2, -0.15) is 0 Å². The van der Waals surface area contributed by atoms with E-state index in [1.807, 2.05) is 30.3 Å². The van der Waals surface area contributed by atoms with Crippen molar-refractivity contribution in [2.45, 2.75) is 0 Å². The lowest BCUT2D eigenvalue weighted by Crippen LogP contribution is -2.08. The average Bonchev–Trinajstić information content (AvgIpc) is 2.25. The van der Waals surface area contributed by atoms with E-state index < -0.39 is 0 Å². The van der Waals surface area contributed by atoms with Gasteiger partial charge in [-0.3, -0.25) is 4.79 Å². The Hall–Kier alpha value is -1.61. The summed E-state index contributed by atoms with van der Waals surface area (Å²) in [5, 5.41) is 0. The molecule has 3 nitrogen and oxygen atoms in total. The molecule has 0 bridgehead atoms. The highest BCUT2D eigenvalue weighted by Crippen LogP contribution is 2.05. The number of allylic oxidation sites excluding steroid dienone is 1. The van der Waals surface area contributed by atoms with Crippen LogP contribution < -0.4 is 5.73 Å².